The van der Waals surface area contributed by atoms with Gasteiger partial charge < -0.3 is 18.9 Å². The van der Waals surface area contributed by atoms with Crippen LogP contribution in [0.5, 0.6) is 5.75 Å². The van der Waals surface area contributed by atoms with Crippen LogP contribution in [0.25, 0.3) is 0 Å². The molecule has 0 aromatic heterocycles. The third-order valence-corrected chi connectivity index (χ3v) is 6.44. The lowest BCUT2D eigenvalue weighted by Crippen LogP contribution is -2.46. The van der Waals surface area contributed by atoms with Gasteiger partial charge in [-0.05, 0) is 54.5 Å². The van der Waals surface area contributed by atoms with Crippen LogP contribution in [-0.2, 0) is 32.0 Å². The first kappa shape index (κ1) is 22.5. The minimum absolute atomic E-state index is 0.0201. The van der Waals surface area contributed by atoms with Crippen molar-refractivity contribution >= 4 is 5.78 Å². The number of halogens is 1. The van der Waals surface area contributed by atoms with Crippen LogP contribution in [0.15, 0.2) is 54.3 Å². The van der Waals surface area contributed by atoms with Gasteiger partial charge in [-0.3, -0.25) is 4.79 Å². The van der Waals surface area contributed by atoms with Crippen LogP contribution in [-0.4, -0.2) is 31.9 Å². The van der Waals surface area contributed by atoms with Gasteiger partial charge in [-0.1, -0.05) is 37.3 Å². The number of methoxy groups -OCH3 is 1. The predicted octanol–water partition coefficient (Wildman–Crippen LogP) is 4.75. The van der Waals surface area contributed by atoms with Crippen LogP contribution in [0, 0.1) is 24.6 Å². The molecule has 1 heterocycles. The molecule has 0 radical (unpaired) electrons. The van der Waals surface area contributed by atoms with E-state index in [-0.39, 0.29) is 30.2 Å². The van der Waals surface area contributed by atoms with Gasteiger partial charge in [0.15, 0.2) is 12.6 Å². The maximum absolute atomic E-state index is 14.9. The molecule has 170 valence electrons. The summed E-state index contributed by atoms with van der Waals surface area (Å²) < 4.78 is 37.8. The van der Waals surface area contributed by atoms with Gasteiger partial charge in [0.05, 0.1) is 6.61 Å². The van der Waals surface area contributed by atoms with Crippen molar-refractivity contribution in [1.82, 2.24) is 0 Å². The van der Waals surface area contributed by atoms with Crippen LogP contribution in [0.1, 0.15) is 30.0 Å². The number of ketones is 1. The molecule has 1 fully saturated rings. The highest BCUT2D eigenvalue weighted by Gasteiger charge is 2.52. The molecule has 2 aliphatic rings. The first-order chi connectivity index (χ1) is 15.4. The van der Waals surface area contributed by atoms with Crippen molar-refractivity contribution in [3.8, 4) is 5.75 Å². The minimum atomic E-state index is -0.764. The van der Waals surface area contributed by atoms with E-state index in [1.807, 2.05) is 44.2 Å². The van der Waals surface area contributed by atoms with E-state index in [2.05, 4.69) is 0 Å². The highest BCUT2D eigenvalue weighted by molar-refractivity contribution is 5.93. The van der Waals surface area contributed by atoms with Crippen molar-refractivity contribution in [3.05, 3.63) is 76.8 Å². The fraction of sp³-hybridized carbons (Fsp3) is 0.423. The second-order valence-corrected chi connectivity index (χ2v) is 8.65. The van der Waals surface area contributed by atoms with E-state index in [1.165, 1.54) is 12.1 Å². The number of allylic oxidation sites excluding steroid dienone is 1. The van der Waals surface area contributed by atoms with Crippen molar-refractivity contribution in [3.63, 3.8) is 0 Å². The fourth-order valence-corrected chi connectivity index (χ4v) is 4.59. The molecule has 1 saturated heterocycles. The monoisotopic (exact) mass is 440 g/mol. The smallest absolute Gasteiger partial charge is 0.189 e. The van der Waals surface area contributed by atoms with Gasteiger partial charge in [0, 0.05) is 19.1 Å². The Hall–Kier alpha value is -2.70. The predicted molar refractivity (Wildman–Crippen MR) is 118 cm³/mol. The van der Waals surface area contributed by atoms with Crippen LogP contribution < -0.4 is 4.74 Å². The van der Waals surface area contributed by atoms with Crippen LogP contribution >= 0.6 is 0 Å². The molecule has 0 saturated carbocycles. The number of aryl methyl sites for hydroxylation is 1. The van der Waals surface area contributed by atoms with Gasteiger partial charge >= 0.3 is 0 Å². The summed E-state index contributed by atoms with van der Waals surface area (Å²) in [6, 6.07) is 13.2. The summed E-state index contributed by atoms with van der Waals surface area (Å²) in [4.78, 5) is 12.4. The molecule has 0 amide bonds. The lowest BCUT2D eigenvalue weighted by molar-refractivity contribution is -0.125. The molecule has 3 atom stereocenters. The zero-order valence-electron chi connectivity index (χ0n) is 18.7. The van der Waals surface area contributed by atoms with Crippen LogP contribution in [0.3, 0.4) is 0 Å². The zero-order valence-corrected chi connectivity index (χ0v) is 18.7. The first-order valence-electron chi connectivity index (χ1n) is 10.9. The molecule has 0 unspecified atom stereocenters. The Balaban J connectivity index is 1.55. The number of fused-ring (bicyclic) bond motifs is 1. The van der Waals surface area contributed by atoms with Gasteiger partial charge in [-0.15, -0.1) is 0 Å². The summed E-state index contributed by atoms with van der Waals surface area (Å²) in [5.74, 6) is 0.472. The Bertz CT molecular complexity index is 1000. The summed E-state index contributed by atoms with van der Waals surface area (Å²) in [5, 5.41) is 0. The average Bonchev–Trinajstić information content (AvgIpc) is 3.19. The molecule has 0 bridgehead atoms. The maximum Gasteiger partial charge on any atom is 0.189 e. The molecule has 1 aliphatic carbocycles. The molecule has 1 aliphatic heterocycles. The summed E-state index contributed by atoms with van der Waals surface area (Å²) in [6.07, 6.45) is 2.40. The molecule has 32 heavy (non-hydrogen) atoms. The van der Waals surface area contributed by atoms with Crippen molar-refractivity contribution in [2.45, 2.75) is 38.9 Å². The number of carbonyl (C=O) groups is 1. The van der Waals surface area contributed by atoms with Gasteiger partial charge in [-0.25, -0.2) is 4.39 Å². The van der Waals surface area contributed by atoms with Crippen molar-refractivity contribution in [2.24, 2.45) is 11.8 Å². The third-order valence-electron chi connectivity index (χ3n) is 6.44. The molecule has 2 aromatic carbocycles. The van der Waals surface area contributed by atoms with Gasteiger partial charge in [0.25, 0.3) is 0 Å². The van der Waals surface area contributed by atoms with E-state index < -0.39 is 5.60 Å². The Labute approximate surface area is 188 Å². The van der Waals surface area contributed by atoms with E-state index in [4.69, 9.17) is 18.9 Å². The molecule has 0 spiro atoms. The van der Waals surface area contributed by atoms with Gasteiger partial charge in [0.1, 0.15) is 29.5 Å². The average molecular weight is 441 g/mol. The lowest BCUT2D eigenvalue weighted by Gasteiger charge is -2.38. The Morgan fingerprint density at radius 1 is 1.25 bits per heavy atom. The largest absolute Gasteiger partial charge is 0.489 e. The zero-order chi connectivity index (χ0) is 22.7. The molecule has 4 rings (SSSR count). The van der Waals surface area contributed by atoms with Crippen LogP contribution in [0.2, 0.25) is 0 Å². The Morgan fingerprint density at radius 2 is 2.03 bits per heavy atom. The van der Waals surface area contributed by atoms with Crippen molar-refractivity contribution in [2.75, 3.05) is 20.5 Å². The number of hydrogen-bond acceptors (Lipinski definition) is 5. The minimum Gasteiger partial charge on any atom is -0.489 e. The summed E-state index contributed by atoms with van der Waals surface area (Å²) >= 11 is 0. The van der Waals surface area contributed by atoms with E-state index in [1.54, 1.807) is 13.2 Å². The quantitative estimate of drug-likeness (QED) is 0.593. The van der Waals surface area contributed by atoms with Crippen LogP contribution in [0.4, 0.5) is 4.39 Å². The SMILES string of the molecule is COC[C@H]1C[C@]2([C@@H](C)Cc3cc(OCc4ccccc4)c(C)cc3F)OCOC2=CC1=O. The number of benzene rings is 2. The Kier molecular flexibility index (Phi) is 6.63. The van der Waals surface area contributed by atoms with Crippen molar-refractivity contribution in [1.29, 1.82) is 0 Å². The highest BCUT2D eigenvalue weighted by Crippen LogP contribution is 2.46. The molecule has 6 heteroatoms. The normalized spacial score (nSPS) is 23.3. The summed E-state index contributed by atoms with van der Waals surface area (Å²) in [7, 11) is 1.58. The Morgan fingerprint density at radius 3 is 2.78 bits per heavy atom. The third kappa shape index (κ3) is 4.43. The topological polar surface area (TPSA) is 54.0 Å². The van der Waals surface area contributed by atoms with E-state index in [0.29, 0.717) is 43.1 Å². The van der Waals surface area contributed by atoms with Gasteiger partial charge in [0.2, 0.25) is 0 Å². The fourth-order valence-electron chi connectivity index (χ4n) is 4.59. The maximum atomic E-state index is 14.9. The lowest BCUT2D eigenvalue weighted by atomic mass is 9.72. The molecule has 0 N–H and O–H groups in total. The second-order valence-electron chi connectivity index (χ2n) is 8.65. The molecule has 2 aromatic rings. The molecular formula is C26H29FO5. The number of hydrogen-bond donors (Lipinski definition) is 0. The highest BCUT2D eigenvalue weighted by atomic mass is 19.1. The van der Waals surface area contributed by atoms with E-state index in [9.17, 15) is 9.18 Å². The molecular weight excluding hydrogens is 411 g/mol. The number of carbonyl (C=O) groups excluding carboxylic acids is 1. The first-order valence-corrected chi connectivity index (χ1v) is 10.9. The summed E-state index contributed by atoms with van der Waals surface area (Å²) in [6.45, 7) is 4.66. The summed E-state index contributed by atoms with van der Waals surface area (Å²) in [5.41, 5.74) is 1.58. The van der Waals surface area contributed by atoms with Crippen molar-refractivity contribution < 1.29 is 28.1 Å². The molecule has 5 nitrogen and oxygen atoms in total. The second kappa shape index (κ2) is 9.43. The standard InChI is InChI=1S/C26H29FO5/c1-17-9-22(27)20(11-24(17)30-14-19-7-5-4-6-8-19)10-18(2)26-13-21(15-29-3)23(28)12-25(26)31-16-32-26/h4-9,11-12,18,21H,10,13-16H2,1-3H3/t18-,21+,26+/m0/s1. The van der Waals surface area contributed by atoms with E-state index >= 15 is 0 Å². The number of ether oxygens (including phenoxy) is 4. The number of rotatable bonds is 8. The van der Waals surface area contributed by atoms with Gasteiger partial charge in [-0.2, -0.15) is 0 Å². The van der Waals surface area contributed by atoms with E-state index in [0.717, 1.165) is 11.1 Å².